The minimum atomic E-state index is -0.0619. The molecule has 7 heteroatoms. The molecule has 37 heavy (non-hydrogen) atoms. The van der Waals surface area contributed by atoms with Crippen LogP contribution < -0.4 is 24.5 Å². The molecule has 0 aliphatic rings. The maximum Gasteiger partial charge on any atom is 0.258 e. The van der Waals surface area contributed by atoms with Crippen molar-refractivity contribution in [2.24, 2.45) is 0 Å². The van der Waals surface area contributed by atoms with Gasteiger partial charge in [0.05, 0.1) is 33.4 Å². The Morgan fingerprint density at radius 1 is 0.757 bits per heavy atom. The third kappa shape index (κ3) is 4.97. The van der Waals surface area contributed by atoms with E-state index in [1.807, 2.05) is 72.8 Å². The fourth-order valence-electron chi connectivity index (χ4n) is 4.17. The summed E-state index contributed by atoms with van der Waals surface area (Å²) in [5.41, 5.74) is 3.12. The van der Waals surface area contributed by atoms with Crippen LogP contribution in [0.2, 0.25) is 0 Å². The van der Waals surface area contributed by atoms with Crippen molar-refractivity contribution in [3.8, 4) is 39.9 Å². The minimum absolute atomic E-state index is 0.0619. The van der Waals surface area contributed by atoms with Crippen LogP contribution in [0.1, 0.15) is 5.56 Å². The van der Waals surface area contributed by atoms with E-state index < -0.39 is 0 Å². The van der Waals surface area contributed by atoms with E-state index in [9.17, 15) is 4.79 Å². The van der Waals surface area contributed by atoms with E-state index in [1.54, 1.807) is 44.4 Å². The molecule has 0 saturated heterocycles. The first-order valence-corrected chi connectivity index (χ1v) is 11.7. The highest BCUT2D eigenvalue weighted by Gasteiger charge is 2.12. The third-order valence-electron chi connectivity index (χ3n) is 6.13. The number of benzene rings is 3. The van der Waals surface area contributed by atoms with Crippen molar-refractivity contribution >= 4 is 10.9 Å². The quantitative estimate of drug-likeness (QED) is 0.266. The number of ether oxygens (including phenoxy) is 4. The van der Waals surface area contributed by atoms with Crippen molar-refractivity contribution in [1.29, 1.82) is 0 Å². The smallest absolute Gasteiger partial charge is 0.258 e. The van der Waals surface area contributed by atoms with Crippen LogP contribution in [-0.2, 0) is 6.54 Å². The Labute approximate surface area is 214 Å². The summed E-state index contributed by atoms with van der Waals surface area (Å²) in [6.07, 6.45) is 3.48. The van der Waals surface area contributed by atoms with E-state index in [0.29, 0.717) is 35.1 Å². The Morgan fingerprint density at radius 3 is 2.16 bits per heavy atom. The number of hydrogen-bond donors (Lipinski definition) is 0. The Hall–Kier alpha value is -4.78. The lowest BCUT2D eigenvalue weighted by atomic mass is 10.1. The van der Waals surface area contributed by atoms with E-state index in [1.165, 1.54) is 0 Å². The zero-order valence-electron chi connectivity index (χ0n) is 20.8. The number of nitrogens with zero attached hydrogens (tertiary/aromatic N) is 2. The molecule has 0 atom stereocenters. The zero-order chi connectivity index (χ0) is 25.8. The maximum absolute atomic E-state index is 13.2. The standard InChI is InChI=1S/C30H26N2O5/c1-34-22-10-6-20(7-11-22)19-32-16-4-5-24(30(32)33)21-8-12-23(13-9-21)37-27-14-15-31-26-18-29(36-3)28(35-2)17-25(26)27/h4-18H,19H2,1-3H3. The summed E-state index contributed by atoms with van der Waals surface area (Å²) < 4.78 is 23.9. The topological polar surface area (TPSA) is 71.8 Å². The van der Waals surface area contributed by atoms with Crippen molar-refractivity contribution in [3.63, 3.8) is 0 Å². The molecule has 186 valence electrons. The summed E-state index contributed by atoms with van der Waals surface area (Å²) >= 11 is 0. The van der Waals surface area contributed by atoms with Gasteiger partial charge in [0.1, 0.15) is 17.2 Å². The summed E-state index contributed by atoms with van der Waals surface area (Å²) in [4.78, 5) is 17.6. The highest BCUT2D eigenvalue weighted by atomic mass is 16.5. The molecule has 0 spiro atoms. The van der Waals surface area contributed by atoms with Gasteiger partial charge in [-0.1, -0.05) is 24.3 Å². The van der Waals surface area contributed by atoms with Gasteiger partial charge < -0.3 is 23.5 Å². The highest BCUT2D eigenvalue weighted by Crippen LogP contribution is 2.37. The van der Waals surface area contributed by atoms with E-state index in [-0.39, 0.29) is 5.56 Å². The Kier molecular flexibility index (Phi) is 6.76. The molecule has 5 rings (SSSR count). The fraction of sp³-hybridized carbons (Fsp3) is 0.133. The van der Waals surface area contributed by atoms with Gasteiger partial charge >= 0.3 is 0 Å². The van der Waals surface area contributed by atoms with Gasteiger partial charge in [0.25, 0.3) is 5.56 Å². The van der Waals surface area contributed by atoms with Gasteiger partial charge in [-0.2, -0.15) is 0 Å². The van der Waals surface area contributed by atoms with Crippen LogP contribution in [0.3, 0.4) is 0 Å². The highest BCUT2D eigenvalue weighted by molar-refractivity contribution is 5.88. The Morgan fingerprint density at radius 2 is 1.46 bits per heavy atom. The largest absolute Gasteiger partial charge is 0.497 e. The van der Waals surface area contributed by atoms with E-state index in [4.69, 9.17) is 18.9 Å². The van der Waals surface area contributed by atoms with Gasteiger partial charge in [-0.3, -0.25) is 9.78 Å². The first kappa shape index (κ1) is 23.9. The third-order valence-corrected chi connectivity index (χ3v) is 6.13. The lowest BCUT2D eigenvalue weighted by Gasteiger charge is -2.13. The second kappa shape index (κ2) is 10.5. The number of hydrogen-bond acceptors (Lipinski definition) is 6. The second-order valence-corrected chi connectivity index (χ2v) is 8.36. The van der Waals surface area contributed by atoms with Gasteiger partial charge in [0.2, 0.25) is 0 Å². The molecule has 7 nitrogen and oxygen atoms in total. The molecule has 0 bridgehead atoms. The number of pyridine rings is 2. The Balaban J connectivity index is 1.39. The van der Waals surface area contributed by atoms with Crippen LogP contribution in [0.15, 0.2) is 96.1 Å². The van der Waals surface area contributed by atoms with Crippen LogP contribution in [0.5, 0.6) is 28.7 Å². The number of rotatable bonds is 8. The van der Waals surface area contributed by atoms with Crippen molar-refractivity contribution < 1.29 is 18.9 Å². The molecule has 2 aromatic heterocycles. The zero-order valence-corrected chi connectivity index (χ0v) is 20.8. The first-order chi connectivity index (χ1) is 18.1. The van der Waals surface area contributed by atoms with Gasteiger partial charge in [0.15, 0.2) is 11.5 Å². The lowest BCUT2D eigenvalue weighted by Crippen LogP contribution is -2.21. The Bertz CT molecular complexity index is 1590. The predicted molar refractivity (Wildman–Crippen MR) is 143 cm³/mol. The van der Waals surface area contributed by atoms with Crippen LogP contribution in [0.4, 0.5) is 0 Å². The molecule has 0 radical (unpaired) electrons. The maximum atomic E-state index is 13.2. The normalized spacial score (nSPS) is 10.8. The van der Waals surface area contributed by atoms with Crippen molar-refractivity contribution in [2.75, 3.05) is 21.3 Å². The molecule has 0 saturated carbocycles. The summed E-state index contributed by atoms with van der Waals surface area (Å²) in [5, 5.41) is 0.800. The second-order valence-electron chi connectivity index (χ2n) is 8.36. The van der Waals surface area contributed by atoms with Crippen LogP contribution in [-0.4, -0.2) is 30.9 Å². The van der Waals surface area contributed by atoms with E-state index >= 15 is 0 Å². The number of fused-ring (bicyclic) bond motifs is 1. The van der Waals surface area contributed by atoms with Gasteiger partial charge in [-0.15, -0.1) is 0 Å². The van der Waals surface area contributed by atoms with Crippen molar-refractivity contribution in [1.82, 2.24) is 9.55 Å². The summed E-state index contributed by atoms with van der Waals surface area (Å²) in [7, 11) is 4.81. The molecule has 5 aromatic rings. The number of aromatic nitrogens is 2. The predicted octanol–water partition coefficient (Wildman–Crippen LogP) is 5.93. The first-order valence-electron chi connectivity index (χ1n) is 11.7. The summed E-state index contributed by atoms with van der Waals surface area (Å²) in [6.45, 7) is 0.473. The average Bonchev–Trinajstić information content (AvgIpc) is 2.94. The van der Waals surface area contributed by atoms with Crippen molar-refractivity contribution in [3.05, 3.63) is 107 Å². The van der Waals surface area contributed by atoms with Crippen molar-refractivity contribution in [2.45, 2.75) is 6.54 Å². The molecule has 0 fully saturated rings. The minimum Gasteiger partial charge on any atom is -0.497 e. The monoisotopic (exact) mass is 494 g/mol. The average molecular weight is 495 g/mol. The fourth-order valence-corrected chi connectivity index (χ4v) is 4.17. The lowest BCUT2D eigenvalue weighted by molar-refractivity contribution is 0.355. The molecular formula is C30H26N2O5. The molecule has 3 aromatic carbocycles. The summed E-state index contributed by atoms with van der Waals surface area (Å²) in [6, 6.07) is 24.3. The molecular weight excluding hydrogens is 468 g/mol. The molecule has 0 N–H and O–H groups in total. The van der Waals surface area contributed by atoms with Crippen LogP contribution >= 0.6 is 0 Å². The SMILES string of the molecule is COc1ccc(Cn2cccc(-c3ccc(Oc4ccnc5cc(OC)c(OC)cc45)cc3)c2=O)cc1. The molecule has 0 amide bonds. The van der Waals surface area contributed by atoms with Gasteiger partial charge in [-0.25, -0.2) is 0 Å². The molecule has 2 heterocycles. The van der Waals surface area contributed by atoms with Crippen LogP contribution in [0, 0.1) is 0 Å². The number of methoxy groups -OCH3 is 3. The van der Waals surface area contributed by atoms with Crippen LogP contribution in [0.25, 0.3) is 22.0 Å². The molecule has 0 aliphatic carbocycles. The summed E-state index contributed by atoms with van der Waals surface area (Å²) in [5.74, 6) is 3.26. The van der Waals surface area contributed by atoms with Gasteiger partial charge in [-0.05, 0) is 59.7 Å². The van der Waals surface area contributed by atoms with E-state index in [2.05, 4.69) is 4.98 Å². The molecule has 0 aliphatic heterocycles. The van der Waals surface area contributed by atoms with Gasteiger partial charge in [0, 0.05) is 29.4 Å². The van der Waals surface area contributed by atoms with E-state index in [0.717, 1.165) is 27.8 Å². The molecule has 0 unspecified atom stereocenters.